The Bertz CT molecular complexity index is 292. The lowest BCUT2D eigenvalue weighted by atomic mass is 10.2. The molecule has 1 aliphatic carbocycles. The van der Waals surface area contributed by atoms with Crippen molar-refractivity contribution in [2.75, 3.05) is 6.61 Å². The van der Waals surface area contributed by atoms with Gasteiger partial charge < -0.3 is 4.74 Å². The van der Waals surface area contributed by atoms with Crippen LogP contribution in [0.25, 0.3) is 0 Å². The first-order valence-corrected chi connectivity index (χ1v) is 5.46. The molecular weight excluding hydrogens is 184 g/mol. The maximum Gasteiger partial charge on any atom is 0.309 e. The minimum Gasteiger partial charge on any atom is -0.466 e. The summed E-state index contributed by atoms with van der Waals surface area (Å²) < 4.78 is 4.96. The molecule has 0 N–H and O–H groups in total. The number of rotatable bonds is 3. The van der Waals surface area contributed by atoms with E-state index in [1.54, 1.807) is 11.3 Å². The van der Waals surface area contributed by atoms with Crippen LogP contribution in [0.2, 0.25) is 0 Å². The van der Waals surface area contributed by atoms with Crippen molar-refractivity contribution in [1.29, 1.82) is 0 Å². The molecule has 3 heteroatoms. The molecule has 1 heterocycles. The highest BCUT2D eigenvalue weighted by atomic mass is 32.1. The minimum absolute atomic E-state index is 0.0290. The van der Waals surface area contributed by atoms with Gasteiger partial charge in [0.2, 0.25) is 0 Å². The van der Waals surface area contributed by atoms with E-state index in [0.29, 0.717) is 12.5 Å². The first-order chi connectivity index (χ1) is 6.33. The molecule has 1 aromatic rings. The smallest absolute Gasteiger partial charge is 0.309 e. The van der Waals surface area contributed by atoms with Gasteiger partial charge in [-0.2, -0.15) is 11.3 Å². The number of carbonyl (C=O) groups is 1. The van der Waals surface area contributed by atoms with Gasteiger partial charge in [0.25, 0.3) is 0 Å². The molecule has 1 saturated carbocycles. The zero-order valence-corrected chi connectivity index (χ0v) is 8.34. The van der Waals surface area contributed by atoms with Gasteiger partial charge in [0.1, 0.15) is 0 Å². The lowest BCUT2D eigenvalue weighted by Crippen LogP contribution is -2.06. The number of hydrogen-bond acceptors (Lipinski definition) is 3. The SMILES string of the molecule is CCOC(=O)C1CC1c1ccsc1. The first kappa shape index (κ1) is 8.75. The highest BCUT2D eigenvalue weighted by molar-refractivity contribution is 7.08. The lowest BCUT2D eigenvalue weighted by Gasteiger charge is -1.98. The number of esters is 1. The van der Waals surface area contributed by atoms with Gasteiger partial charge in [-0.25, -0.2) is 0 Å². The predicted octanol–water partition coefficient (Wildman–Crippen LogP) is 2.41. The Hall–Kier alpha value is -0.830. The molecule has 0 saturated heterocycles. The fourth-order valence-corrected chi connectivity index (χ4v) is 2.28. The topological polar surface area (TPSA) is 26.3 Å². The zero-order chi connectivity index (χ0) is 9.26. The summed E-state index contributed by atoms with van der Waals surface area (Å²) in [7, 11) is 0. The number of carbonyl (C=O) groups excluding carboxylic acids is 1. The minimum atomic E-state index is -0.0290. The van der Waals surface area contributed by atoms with Gasteiger partial charge in [0.05, 0.1) is 12.5 Å². The van der Waals surface area contributed by atoms with Crippen LogP contribution in [0, 0.1) is 5.92 Å². The summed E-state index contributed by atoms with van der Waals surface area (Å²) in [4.78, 5) is 11.3. The Balaban J connectivity index is 1.92. The lowest BCUT2D eigenvalue weighted by molar-refractivity contribution is -0.144. The molecule has 2 unspecified atom stereocenters. The Morgan fingerprint density at radius 3 is 3.23 bits per heavy atom. The molecule has 0 spiro atoms. The van der Waals surface area contributed by atoms with E-state index in [9.17, 15) is 4.79 Å². The third-order valence-electron chi connectivity index (χ3n) is 2.35. The van der Waals surface area contributed by atoms with Crippen molar-refractivity contribution in [3.05, 3.63) is 22.4 Å². The molecule has 0 aliphatic heterocycles. The molecule has 0 amide bonds. The second kappa shape index (κ2) is 3.50. The summed E-state index contributed by atoms with van der Waals surface area (Å²) in [6, 6.07) is 2.09. The summed E-state index contributed by atoms with van der Waals surface area (Å²) >= 11 is 1.68. The maximum absolute atomic E-state index is 11.3. The van der Waals surface area contributed by atoms with Gasteiger partial charge in [0, 0.05) is 0 Å². The van der Waals surface area contributed by atoms with E-state index in [1.807, 2.05) is 6.92 Å². The summed E-state index contributed by atoms with van der Waals surface area (Å²) in [5.74, 6) is 0.540. The molecule has 0 radical (unpaired) electrons. The third kappa shape index (κ3) is 1.75. The van der Waals surface area contributed by atoms with Crippen LogP contribution in [-0.2, 0) is 9.53 Å². The molecule has 1 aromatic heterocycles. The highest BCUT2D eigenvalue weighted by Crippen LogP contribution is 2.48. The van der Waals surface area contributed by atoms with E-state index in [-0.39, 0.29) is 11.9 Å². The molecule has 1 aliphatic rings. The van der Waals surface area contributed by atoms with Gasteiger partial charge in [-0.3, -0.25) is 4.79 Å². The average Bonchev–Trinajstić information content (AvgIpc) is 2.74. The summed E-state index contributed by atoms with van der Waals surface area (Å²) in [6.45, 7) is 2.34. The molecule has 1 fully saturated rings. The van der Waals surface area contributed by atoms with Gasteiger partial charge >= 0.3 is 5.97 Å². The monoisotopic (exact) mass is 196 g/mol. The van der Waals surface area contributed by atoms with Crippen LogP contribution >= 0.6 is 11.3 Å². The van der Waals surface area contributed by atoms with Crippen LogP contribution < -0.4 is 0 Å². The molecule has 0 bridgehead atoms. The van der Waals surface area contributed by atoms with Crippen molar-refractivity contribution in [1.82, 2.24) is 0 Å². The highest BCUT2D eigenvalue weighted by Gasteiger charge is 2.45. The molecule has 13 heavy (non-hydrogen) atoms. The predicted molar refractivity (Wildman–Crippen MR) is 51.8 cm³/mol. The quantitative estimate of drug-likeness (QED) is 0.694. The van der Waals surface area contributed by atoms with Crippen LogP contribution in [0.1, 0.15) is 24.8 Å². The van der Waals surface area contributed by atoms with Crippen molar-refractivity contribution in [2.24, 2.45) is 5.92 Å². The molecule has 70 valence electrons. The number of hydrogen-bond donors (Lipinski definition) is 0. The van der Waals surface area contributed by atoms with Crippen molar-refractivity contribution < 1.29 is 9.53 Å². The van der Waals surface area contributed by atoms with Gasteiger partial charge in [-0.05, 0) is 41.7 Å². The van der Waals surface area contributed by atoms with Gasteiger partial charge in [0.15, 0.2) is 0 Å². The van der Waals surface area contributed by atoms with Crippen LogP contribution in [0.5, 0.6) is 0 Å². The summed E-state index contributed by atoms with van der Waals surface area (Å²) in [5.41, 5.74) is 1.29. The summed E-state index contributed by atoms with van der Waals surface area (Å²) in [5, 5.41) is 4.17. The summed E-state index contributed by atoms with van der Waals surface area (Å²) in [6.07, 6.45) is 0.968. The van der Waals surface area contributed by atoms with Crippen molar-refractivity contribution >= 4 is 17.3 Å². The van der Waals surface area contributed by atoms with E-state index in [2.05, 4.69) is 16.8 Å². The second-order valence-electron chi connectivity index (χ2n) is 3.26. The fraction of sp³-hybridized carbons (Fsp3) is 0.500. The van der Waals surface area contributed by atoms with Crippen molar-refractivity contribution in [2.45, 2.75) is 19.3 Å². The molecular formula is C10H12O2S. The van der Waals surface area contributed by atoms with E-state index < -0.39 is 0 Å². The number of ether oxygens (including phenoxy) is 1. The van der Waals surface area contributed by atoms with Crippen LogP contribution in [-0.4, -0.2) is 12.6 Å². The molecule has 2 atom stereocenters. The zero-order valence-electron chi connectivity index (χ0n) is 7.53. The Morgan fingerprint density at radius 1 is 1.77 bits per heavy atom. The van der Waals surface area contributed by atoms with E-state index in [1.165, 1.54) is 5.56 Å². The maximum atomic E-state index is 11.3. The van der Waals surface area contributed by atoms with Crippen molar-refractivity contribution in [3.63, 3.8) is 0 Å². The Labute approximate surface area is 81.5 Å². The molecule has 0 aromatic carbocycles. The van der Waals surface area contributed by atoms with E-state index in [4.69, 9.17) is 4.74 Å². The largest absolute Gasteiger partial charge is 0.466 e. The first-order valence-electron chi connectivity index (χ1n) is 4.51. The normalized spacial score (nSPS) is 25.6. The Morgan fingerprint density at radius 2 is 2.62 bits per heavy atom. The van der Waals surface area contributed by atoms with E-state index >= 15 is 0 Å². The Kier molecular flexibility index (Phi) is 2.36. The van der Waals surface area contributed by atoms with Crippen molar-refractivity contribution in [3.8, 4) is 0 Å². The number of thiophene rings is 1. The molecule has 2 rings (SSSR count). The molecule has 2 nitrogen and oxygen atoms in total. The van der Waals surface area contributed by atoms with Crippen LogP contribution in [0.3, 0.4) is 0 Å². The standard InChI is InChI=1S/C10H12O2S/c1-2-12-10(11)9-5-8(9)7-3-4-13-6-7/h3-4,6,8-9H,2,5H2,1H3. The third-order valence-corrected chi connectivity index (χ3v) is 3.05. The fourth-order valence-electron chi connectivity index (χ4n) is 1.56. The van der Waals surface area contributed by atoms with Gasteiger partial charge in [-0.1, -0.05) is 0 Å². The van der Waals surface area contributed by atoms with Gasteiger partial charge in [-0.15, -0.1) is 0 Å². The van der Waals surface area contributed by atoms with Crippen LogP contribution in [0.15, 0.2) is 16.8 Å². The average molecular weight is 196 g/mol. The van der Waals surface area contributed by atoms with E-state index in [0.717, 1.165) is 6.42 Å². The van der Waals surface area contributed by atoms with Crippen LogP contribution in [0.4, 0.5) is 0 Å². The second-order valence-corrected chi connectivity index (χ2v) is 4.04.